The van der Waals surface area contributed by atoms with Crippen LogP contribution in [0.3, 0.4) is 0 Å². The van der Waals surface area contributed by atoms with Crippen molar-refractivity contribution in [3.8, 4) is 5.75 Å². The van der Waals surface area contributed by atoms with Crippen molar-refractivity contribution in [3.05, 3.63) is 29.8 Å². The van der Waals surface area contributed by atoms with Crippen molar-refractivity contribution in [1.29, 1.82) is 0 Å². The fourth-order valence-electron chi connectivity index (χ4n) is 4.16. The highest BCUT2D eigenvalue weighted by Crippen LogP contribution is 2.20. The van der Waals surface area contributed by atoms with Gasteiger partial charge in [-0.1, -0.05) is 12.1 Å². The van der Waals surface area contributed by atoms with Crippen molar-refractivity contribution in [2.45, 2.75) is 69.1 Å². The summed E-state index contributed by atoms with van der Waals surface area (Å²) in [7, 11) is 0. The van der Waals surface area contributed by atoms with Crippen molar-refractivity contribution in [2.75, 3.05) is 13.1 Å². The third-order valence-electron chi connectivity index (χ3n) is 6.12. The zero-order valence-electron chi connectivity index (χ0n) is 20.5. The van der Waals surface area contributed by atoms with E-state index in [4.69, 9.17) is 11.5 Å². The number of unbranched alkanes of at least 4 members (excludes halogenated alkanes) is 1. The molecule has 4 atom stereocenters. The molecule has 1 fully saturated rings. The first-order valence-corrected chi connectivity index (χ1v) is 12.1. The number of nitrogens with zero attached hydrogens (tertiary/aromatic N) is 1. The first-order valence-electron chi connectivity index (χ1n) is 12.1. The molecule has 0 spiro atoms. The molecule has 37 heavy (non-hydrogen) atoms. The molecular weight excluding hydrogens is 486 g/mol. The van der Waals surface area contributed by atoms with E-state index < -0.39 is 60.2 Å². The molecule has 9 N–H and O–H groups in total. The number of rotatable bonds is 14. The molecule has 1 heterocycles. The molecule has 0 radical (unpaired) electrons. The number of phenolic OH excluding ortho intramolecular Hbond substituents is 1. The first-order chi connectivity index (χ1) is 17.5. The third kappa shape index (κ3) is 9.03. The summed E-state index contributed by atoms with van der Waals surface area (Å²) in [6, 6.07) is 1.49. The van der Waals surface area contributed by atoms with Gasteiger partial charge in [-0.15, -0.1) is 0 Å². The summed E-state index contributed by atoms with van der Waals surface area (Å²) in [6.07, 6.45) is 1.29. The van der Waals surface area contributed by atoms with Crippen LogP contribution in [0.4, 0.5) is 0 Å². The quantitative estimate of drug-likeness (QED) is 0.146. The Balaban J connectivity index is 2.06. The third-order valence-corrected chi connectivity index (χ3v) is 6.12. The van der Waals surface area contributed by atoms with Gasteiger partial charge in [0.2, 0.25) is 17.7 Å². The highest BCUT2D eigenvalue weighted by atomic mass is 16.4. The summed E-state index contributed by atoms with van der Waals surface area (Å²) in [5.74, 6) is -4.73. The Bertz CT molecular complexity index is 970. The van der Waals surface area contributed by atoms with Crippen LogP contribution in [-0.4, -0.2) is 87.1 Å². The summed E-state index contributed by atoms with van der Waals surface area (Å²) >= 11 is 0. The molecule has 0 aliphatic carbocycles. The van der Waals surface area contributed by atoms with Crippen LogP contribution < -0.4 is 22.1 Å². The fourth-order valence-corrected chi connectivity index (χ4v) is 4.16. The van der Waals surface area contributed by atoms with Gasteiger partial charge >= 0.3 is 11.9 Å². The van der Waals surface area contributed by atoms with E-state index >= 15 is 0 Å². The fraction of sp³-hybridized carbons (Fsp3) is 0.542. The lowest BCUT2D eigenvalue weighted by Gasteiger charge is -2.28. The molecule has 0 aromatic heterocycles. The number of aliphatic carboxylic acids is 2. The second-order valence-corrected chi connectivity index (χ2v) is 9.01. The second kappa shape index (κ2) is 14.1. The Morgan fingerprint density at radius 3 is 2.30 bits per heavy atom. The number of carbonyl (C=O) groups is 5. The zero-order valence-corrected chi connectivity index (χ0v) is 20.5. The lowest BCUT2D eigenvalue weighted by atomic mass is 10.0. The molecular formula is C24H35N5O8. The minimum Gasteiger partial charge on any atom is -0.508 e. The standard InChI is InChI=1S/C24H35N5O8/c25-10-2-1-4-17(24(36)37)27-21(33)18(13-20(31)32)28-22(34)19-5-3-11-29(19)23(35)16(26)12-14-6-8-15(30)9-7-14/h6-9,16-19,30H,1-5,10-13,25-26H2,(H,27,33)(H,28,34)(H,31,32)(H,36,37). The van der Waals surface area contributed by atoms with Crippen LogP contribution >= 0.6 is 0 Å². The number of carbonyl (C=O) groups excluding carboxylic acids is 3. The van der Waals surface area contributed by atoms with E-state index in [1.165, 1.54) is 17.0 Å². The number of carboxylic acid groups (broad SMARTS) is 2. The highest BCUT2D eigenvalue weighted by Gasteiger charge is 2.38. The topological polar surface area (TPSA) is 225 Å². The molecule has 1 aliphatic rings. The second-order valence-electron chi connectivity index (χ2n) is 9.01. The van der Waals surface area contributed by atoms with Gasteiger partial charge < -0.3 is 42.3 Å². The van der Waals surface area contributed by atoms with Gasteiger partial charge in [-0.25, -0.2) is 4.79 Å². The number of likely N-dealkylation sites (tertiary alicyclic amines) is 1. The molecule has 3 amide bonds. The molecule has 1 saturated heterocycles. The van der Waals surface area contributed by atoms with Crippen molar-refractivity contribution in [1.82, 2.24) is 15.5 Å². The van der Waals surface area contributed by atoms with Crippen molar-refractivity contribution >= 4 is 29.7 Å². The van der Waals surface area contributed by atoms with Gasteiger partial charge in [-0.05, 0) is 62.8 Å². The predicted molar refractivity (Wildman–Crippen MR) is 131 cm³/mol. The number of amides is 3. The van der Waals surface area contributed by atoms with Crippen molar-refractivity contribution < 1.29 is 39.3 Å². The van der Waals surface area contributed by atoms with Crippen LogP contribution in [0, 0.1) is 0 Å². The first kappa shape index (κ1) is 29.5. The average Bonchev–Trinajstić information content (AvgIpc) is 3.33. The number of hydrogen-bond donors (Lipinski definition) is 7. The van der Waals surface area contributed by atoms with E-state index in [9.17, 15) is 39.3 Å². The van der Waals surface area contributed by atoms with Gasteiger partial charge in [-0.3, -0.25) is 19.2 Å². The monoisotopic (exact) mass is 521 g/mol. The maximum absolute atomic E-state index is 13.0. The highest BCUT2D eigenvalue weighted by molar-refractivity contribution is 5.95. The van der Waals surface area contributed by atoms with Crippen molar-refractivity contribution in [3.63, 3.8) is 0 Å². The summed E-state index contributed by atoms with van der Waals surface area (Å²) in [4.78, 5) is 62.9. The van der Waals surface area contributed by atoms with E-state index in [-0.39, 0.29) is 25.1 Å². The number of nitrogens with one attached hydrogen (secondary N) is 2. The minimum absolute atomic E-state index is 0.0742. The summed E-state index contributed by atoms with van der Waals surface area (Å²) in [6.45, 7) is 0.616. The number of carboxylic acids is 2. The van der Waals surface area contributed by atoms with E-state index in [2.05, 4.69) is 10.6 Å². The van der Waals surface area contributed by atoms with Crippen LogP contribution in [0.1, 0.15) is 44.1 Å². The van der Waals surface area contributed by atoms with Crippen LogP contribution in [-0.2, 0) is 30.4 Å². The SMILES string of the molecule is NCCCCC(NC(=O)C(CC(=O)O)NC(=O)C1CCCN1C(=O)C(N)Cc1ccc(O)cc1)C(=O)O. The van der Waals surface area contributed by atoms with E-state index in [1.807, 2.05) is 0 Å². The summed E-state index contributed by atoms with van der Waals surface area (Å²) < 4.78 is 0. The average molecular weight is 522 g/mol. The molecule has 13 heteroatoms. The molecule has 0 bridgehead atoms. The normalized spacial score (nSPS) is 17.5. The smallest absolute Gasteiger partial charge is 0.326 e. The van der Waals surface area contributed by atoms with Gasteiger partial charge in [0.25, 0.3) is 0 Å². The summed E-state index contributed by atoms with van der Waals surface area (Å²) in [5.41, 5.74) is 12.2. The van der Waals surface area contributed by atoms with Crippen molar-refractivity contribution in [2.24, 2.45) is 11.5 Å². The van der Waals surface area contributed by atoms with Gasteiger partial charge in [0.1, 0.15) is 23.9 Å². The number of benzene rings is 1. The maximum atomic E-state index is 13.0. The molecule has 4 unspecified atom stereocenters. The van der Waals surface area contributed by atoms with Crippen LogP contribution in [0.2, 0.25) is 0 Å². The summed E-state index contributed by atoms with van der Waals surface area (Å²) in [5, 5.41) is 32.7. The predicted octanol–water partition coefficient (Wildman–Crippen LogP) is -1.09. The molecule has 0 saturated carbocycles. The Labute approximate surface area is 214 Å². The lowest BCUT2D eigenvalue weighted by molar-refractivity contribution is -0.144. The van der Waals surface area contributed by atoms with Gasteiger partial charge in [0.15, 0.2) is 0 Å². The van der Waals surface area contributed by atoms with Gasteiger partial charge in [0.05, 0.1) is 12.5 Å². The Morgan fingerprint density at radius 2 is 1.70 bits per heavy atom. The molecule has 1 aromatic carbocycles. The number of hydrogen-bond acceptors (Lipinski definition) is 8. The Kier molecular flexibility index (Phi) is 11.3. The minimum atomic E-state index is -1.54. The maximum Gasteiger partial charge on any atom is 0.326 e. The van der Waals surface area contributed by atoms with Crippen LogP contribution in [0.5, 0.6) is 5.75 Å². The molecule has 1 aliphatic heterocycles. The van der Waals surface area contributed by atoms with E-state index in [0.717, 1.165) is 5.56 Å². The molecule has 204 valence electrons. The number of phenols is 1. The van der Waals surface area contributed by atoms with E-state index in [1.54, 1.807) is 12.1 Å². The molecule has 2 rings (SSSR count). The van der Waals surface area contributed by atoms with Crippen LogP contribution in [0.25, 0.3) is 0 Å². The number of nitrogens with two attached hydrogens (primary N) is 2. The zero-order chi connectivity index (χ0) is 27.5. The Hall–Kier alpha value is -3.71. The lowest BCUT2D eigenvalue weighted by Crippen LogP contribution is -2.57. The largest absolute Gasteiger partial charge is 0.508 e. The van der Waals surface area contributed by atoms with Gasteiger partial charge in [-0.2, -0.15) is 0 Å². The van der Waals surface area contributed by atoms with Crippen LogP contribution in [0.15, 0.2) is 24.3 Å². The Morgan fingerprint density at radius 1 is 1.03 bits per heavy atom. The molecule has 13 nitrogen and oxygen atoms in total. The number of aromatic hydroxyl groups is 1. The van der Waals surface area contributed by atoms with Gasteiger partial charge in [0, 0.05) is 6.54 Å². The molecule has 1 aromatic rings. The van der Waals surface area contributed by atoms with E-state index in [0.29, 0.717) is 32.2 Å².